The third-order valence-electron chi connectivity index (χ3n) is 6.00. The van der Waals surface area contributed by atoms with Gasteiger partial charge in [0.05, 0.1) is 13.7 Å². The number of aromatic hydroxyl groups is 1. The summed E-state index contributed by atoms with van der Waals surface area (Å²) >= 11 is 0. The van der Waals surface area contributed by atoms with Gasteiger partial charge < -0.3 is 25.6 Å². The van der Waals surface area contributed by atoms with Gasteiger partial charge >= 0.3 is 0 Å². The molecule has 7 heteroatoms. The van der Waals surface area contributed by atoms with E-state index < -0.39 is 0 Å². The molecular formula is C24H36N4O3. The van der Waals surface area contributed by atoms with E-state index in [-0.39, 0.29) is 5.75 Å². The van der Waals surface area contributed by atoms with Crippen LogP contribution in [-0.4, -0.2) is 35.1 Å². The van der Waals surface area contributed by atoms with Crippen molar-refractivity contribution in [1.82, 2.24) is 10.2 Å². The Bertz CT molecular complexity index is 872. The van der Waals surface area contributed by atoms with E-state index in [2.05, 4.69) is 29.4 Å². The number of anilines is 1. The van der Waals surface area contributed by atoms with E-state index >= 15 is 0 Å². The highest BCUT2D eigenvalue weighted by atomic mass is 16.5. The van der Waals surface area contributed by atoms with Crippen molar-refractivity contribution in [3.05, 3.63) is 28.8 Å². The van der Waals surface area contributed by atoms with Crippen molar-refractivity contribution in [3.63, 3.8) is 0 Å². The molecular weight excluding hydrogens is 392 g/mol. The van der Waals surface area contributed by atoms with Gasteiger partial charge in [-0.25, -0.2) is 0 Å². The van der Waals surface area contributed by atoms with E-state index in [0.717, 1.165) is 48.2 Å². The van der Waals surface area contributed by atoms with Crippen LogP contribution in [0.5, 0.6) is 11.5 Å². The number of methoxy groups -OCH3 is 1. The molecule has 0 radical (unpaired) electrons. The van der Waals surface area contributed by atoms with Crippen molar-refractivity contribution in [2.75, 3.05) is 19.0 Å². The van der Waals surface area contributed by atoms with Gasteiger partial charge in [0.1, 0.15) is 17.2 Å². The van der Waals surface area contributed by atoms with Gasteiger partial charge in [-0.1, -0.05) is 33.1 Å². The van der Waals surface area contributed by atoms with Gasteiger partial charge in [0.2, 0.25) is 0 Å². The Kier molecular flexibility index (Phi) is 8.49. The maximum absolute atomic E-state index is 10.8. The normalized spacial score (nSPS) is 14.6. The number of hydrogen-bond donors (Lipinski definition) is 3. The fourth-order valence-corrected chi connectivity index (χ4v) is 4.22. The molecule has 0 saturated heterocycles. The molecule has 1 aromatic carbocycles. The highest BCUT2D eigenvalue weighted by Crippen LogP contribution is 2.40. The Hall–Kier alpha value is -2.38. The van der Waals surface area contributed by atoms with Crippen LogP contribution in [-0.2, 0) is 24.3 Å². The molecule has 170 valence electrons. The highest BCUT2D eigenvalue weighted by molar-refractivity contribution is 5.76. The van der Waals surface area contributed by atoms with Crippen LogP contribution < -0.4 is 15.8 Å². The minimum atomic E-state index is 0.116. The zero-order valence-corrected chi connectivity index (χ0v) is 19.0. The Morgan fingerprint density at radius 2 is 2.10 bits per heavy atom. The summed E-state index contributed by atoms with van der Waals surface area (Å²) in [5, 5.41) is 23.5. The summed E-state index contributed by atoms with van der Waals surface area (Å²) in [6.45, 7) is 5.78. The number of nitrogens with one attached hydrogen (secondary N) is 1. The molecule has 1 aliphatic rings. The topological polar surface area (TPSA) is 103 Å². The molecule has 3 rings (SSSR count). The van der Waals surface area contributed by atoms with Gasteiger partial charge in [0, 0.05) is 36.4 Å². The number of benzene rings is 1. The summed E-state index contributed by atoms with van der Waals surface area (Å²) in [5.41, 5.74) is 10.4. The molecule has 1 atom stereocenters. The number of phenols is 1. The molecule has 4 N–H and O–H groups in total. The van der Waals surface area contributed by atoms with Gasteiger partial charge in [-0.3, -0.25) is 0 Å². The second-order valence-electron chi connectivity index (χ2n) is 8.14. The molecule has 2 aromatic rings. The average Bonchev–Trinajstić information content (AvgIpc) is 2.87. The monoisotopic (exact) mass is 428 g/mol. The van der Waals surface area contributed by atoms with E-state index in [9.17, 15) is 5.11 Å². The maximum atomic E-state index is 10.8. The lowest BCUT2D eigenvalue weighted by molar-refractivity contribution is 0.119. The van der Waals surface area contributed by atoms with Crippen molar-refractivity contribution in [1.29, 1.82) is 0 Å². The van der Waals surface area contributed by atoms with E-state index in [1.807, 2.05) is 6.07 Å². The molecule has 0 spiro atoms. The molecule has 0 bridgehead atoms. The predicted octanol–water partition coefficient (Wildman–Crippen LogP) is 4.55. The Labute approximate surface area is 185 Å². The van der Waals surface area contributed by atoms with Gasteiger partial charge in [-0.2, -0.15) is 0 Å². The third-order valence-corrected chi connectivity index (χ3v) is 6.00. The maximum Gasteiger partial charge on any atom is 0.153 e. The molecule has 1 aliphatic heterocycles. The van der Waals surface area contributed by atoms with Gasteiger partial charge in [0.15, 0.2) is 5.82 Å². The smallest absolute Gasteiger partial charge is 0.153 e. The van der Waals surface area contributed by atoms with Gasteiger partial charge in [-0.05, 0) is 42.9 Å². The number of ether oxygens (including phenoxy) is 2. The number of rotatable bonds is 9. The first kappa shape index (κ1) is 23.3. The second kappa shape index (κ2) is 11.3. The summed E-state index contributed by atoms with van der Waals surface area (Å²) in [6.07, 6.45) is 7.37. The summed E-state index contributed by atoms with van der Waals surface area (Å²) in [5.74, 6) is 1.47. The molecule has 0 aliphatic carbocycles. The first-order valence-corrected chi connectivity index (χ1v) is 11.5. The first-order chi connectivity index (χ1) is 15.1. The number of unbranched alkanes of at least 4 members (excludes halogenated alkanes) is 2. The molecule has 0 saturated carbocycles. The number of aromatic nitrogens is 2. The standard InChI is InChI=1S/C24H36N4O3/c1-4-6-7-9-17(5-2)26-24-20(14-25)19-10-8-11-31-15-16-12-18(30-3)13-21(29)22(16)23(19)27-28-24/h12-13,17,29H,4-11,14-15,25H2,1-3H3,(H,26,28). The van der Waals surface area contributed by atoms with Crippen molar-refractivity contribution in [2.45, 2.75) is 78.0 Å². The van der Waals surface area contributed by atoms with Crippen LogP contribution in [0.25, 0.3) is 11.3 Å². The number of nitrogens with zero attached hydrogens (tertiary/aromatic N) is 2. The minimum Gasteiger partial charge on any atom is -0.507 e. The SMILES string of the molecule is CCCCCC(CC)Nc1nnc2c(c1CN)CCCOCc1cc(OC)cc(O)c1-2. The van der Waals surface area contributed by atoms with Crippen LogP contribution >= 0.6 is 0 Å². The molecule has 31 heavy (non-hydrogen) atoms. The molecule has 1 unspecified atom stereocenters. The second-order valence-corrected chi connectivity index (χ2v) is 8.14. The molecule has 2 heterocycles. The predicted molar refractivity (Wildman–Crippen MR) is 123 cm³/mol. The number of nitrogens with two attached hydrogens (primary N) is 1. The Morgan fingerprint density at radius 3 is 2.81 bits per heavy atom. The van der Waals surface area contributed by atoms with Crippen molar-refractivity contribution in [3.8, 4) is 22.8 Å². The van der Waals surface area contributed by atoms with Crippen LogP contribution in [0.3, 0.4) is 0 Å². The summed E-state index contributed by atoms with van der Waals surface area (Å²) in [7, 11) is 1.58. The van der Waals surface area contributed by atoms with Gasteiger partial charge in [0.25, 0.3) is 0 Å². The van der Waals surface area contributed by atoms with E-state index in [4.69, 9.17) is 15.2 Å². The first-order valence-electron chi connectivity index (χ1n) is 11.5. The highest BCUT2D eigenvalue weighted by Gasteiger charge is 2.24. The van der Waals surface area contributed by atoms with Crippen LogP contribution in [0.2, 0.25) is 0 Å². The van der Waals surface area contributed by atoms with Crippen LogP contribution in [0.1, 0.15) is 69.1 Å². The van der Waals surface area contributed by atoms with E-state index in [1.165, 1.54) is 19.3 Å². The lowest BCUT2D eigenvalue weighted by Gasteiger charge is -2.22. The summed E-state index contributed by atoms with van der Waals surface area (Å²) in [6, 6.07) is 3.84. The van der Waals surface area contributed by atoms with Crippen LogP contribution in [0.15, 0.2) is 12.1 Å². The molecule has 7 nitrogen and oxygen atoms in total. The Morgan fingerprint density at radius 1 is 1.26 bits per heavy atom. The molecule has 0 amide bonds. The van der Waals surface area contributed by atoms with Crippen molar-refractivity contribution >= 4 is 5.82 Å². The molecule has 0 fully saturated rings. The lowest BCUT2D eigenvalue weighted by atomic mass is 9.94. The minimum absolute atomic E-state index is 0.116. The number of fused-ring (bicyclic) bond motifs is 3. The van der Waals surface area contributed by atoms with Gasteiger partial charge in [-0.15, -0.1) is 10.2 Å². The largest absolute Gasteiger partial charge is 0.507 e. The number of hydrogen-bond acceptors (Lipinski definition) is 7. The zero-order chi connectivity index (χ0) is 22.2. The van der Waals surface area contributed by atoms with Crippen LogP contribution in [0.4, 0.5) is 5.82 Å². The lowest BCUT2D eigenvalue weighted by Crippen LogP contribution is -2.22. The van der Waals surface area contributed by atoms with Crippen LogP contribution in [0, 0.1) is 0 Å². The fraction of sp³-hybridized carbons (Fsp3) is 0.583. The average molecular weight is 429 g/mol. The molecule has 1 aromatic heterocycles. The third kappa shape index (κ3) is 5.46. The fourth-order valence-electron chi connectivity index (χ4n) is 4.22. The van der Waals surface area contributed by atoms with Crippen molar-refractivity contribution < 1.29 is 14.6 Å². The Balaban J connectivity index is 2.04. The van der Waals surface area contributed by atoms with E-state index in [1.54, 1.807) is 13.2 Å². The van der Waals surface area contributed by atoms with Crippen molar-refractivity contribution in [2.24, 2.45) is 5.73 Å². The summed E-state index contributed by atoms with van der Waals surface area (Å²) in [4.78, 5) is 0. The summed E-state index contributed by atoms with van der Waals surface area (Å²) < 4.78 is 11.2. The number of phenolic OH excluding ortho intramolecular Hbond substituents is 1. The quantitative estimate of drug-likeness (QED) is 0.504. The van der Waals surface area contributed by atoms with E-state index in [0.29, 0.717) is 42.8 Å². The zero-order valence-electron chi connectivity index (χ0n) is 19.0.